The zero-order valence-corrected chi connectivity index (χ0v) is 10.2. The summed E-state index contributed by atoms with van der Waals surface area (Å²) >= 11 is 0. The minimum atomic E-state index is -1.08. The van der Waals surface area contributed by atoms with Crippen molar-refractivity contribution in [2.45, 2.75) is 11.6 Å². The first-order valence-electron chi connectivity index (χ1n) is 5.97. The zero-order valence-electron chi connectivity index (χ0n) is 10.2. The van der Waals surface area contributed by atoms with Crippen molar-refractivity contribution in [3.8, 4) is 0 Å². The molecule has 0 N–H and O–H groups in total. The first-order chi connectivity index (χ1) is 8.93. The van der Waals surface area contributed by atoms with Crippen molar-refractivity contribution < 1.29 is 19.2 Å². The third kappa shape index (κ3) is 0.853. The van der Waals surface area contributed by atoms with Gasteiger partial charge in [0.05, 0.1) is 11.8 Å². The maximum absolute atomic E-state index is 12.1. The van der Waals surface area contributed by atoms with E-state index in [1.807, 2.05) is 0 Å². The number of nitrogens with zero attached hydrogens (tertiary/aromatic N) is 4. The van der Waals surface area contributed by atoms with E-state index in [1.54, 1.807) is 0 Å². The number of hydrogen-bond acceptors (Lipinski definition) is 6. The van der Waals surface area contributed by atoms with Crippen LogP contribution in [0, 0.1) is 17.8 Å². The highest BCUT2D eigenvalue weighted by Crippen LogP contribution is 2.67. The molecule has 4 amide bonds. The Morgan fingerprint density at radius 2 is 1.32 bits per heavy atom. The lowest BCUT2D eigenvalue weighted by atomic mass is 9.89. The Labute approximate surface area is 107 Å². The Morgan fingerprint density at radius 1 is 0.842 bits per heavy atom. The smallest absolute Gasteiger partial charge is 0.256 e. The Balaban J connectivity index is 1.80. The van der Waals surface area contributed by atoms with Crippen molar-refractivity contribution in [1.29, 1.82) is 0 Å². The molecule has 0 radical (unpaired) electrons. The van der Waals surface area contributed by atoms with Crippen LogP contribution in [-0.4, -0.2) is 59.1 Å². The summed E-state index contributed by atoms with van der Waals surface area (Å²) in [4.78, 5) is 50.0. The predicted octanol–water partition coefficient (Wildman–Crippen LogP) is -1.58. The van der Waals surface area contributed by atoms with Crippen LogP contribution in [0.5, 0.6) is 0 Å². The van der Waals surface area contributed by atoms with Gasteiger partial charge in [-0.2, -0.15) is 10.2 Å². The van der Waals surface area contributed by atoms with Crippen molar-refractivity contribution in [3.05, 3.63) is 0 Å². The summed E-state index contributed by atoms with van der Waals surface area (Å²) in [6.45, 7) is 0. The first-order valence-corrected chi connectivity index (χ1v) is 5.97. The van der Waals surface area contributed by atoms with Crippen molar-refractivity contribution in [1.82, 2.24) is 9.80 Å². The quantitative estimate of drug-likeness (QED) is 0.492. The highest BCUT2D eigenvalue weighted by molar-refractivity contribution is 6.15. The molecule has 4 aliphatic rings. The van der Waals surface area contributed by atoms with Gasteiger partial charge in [0.2, 0.25) is 17.7 Å². The van der Waals surface area contributed by atoms with Gasteiger partial charge in [-0.05, 0) is 0 Å². The Kier molecular flexibility index (Phi) is 1.55. The largest absolute Gasteiger partial charge is 0.285 e. The van der Waals surface area contributed by atoms with Crippen LogP contribution in [0.3, 0.4) is 0 Å². The Bertz CT molecular complexity index is 590. The molecule has 3 aliphatic heterocycles. The molecule has 0 aromatic carbocycles. The molecule has 19 heavy (non-hydrogen) atoms. The van der Waals surface area contributed by atoms with Gasteiger partial charge in [0.25, 0.3) is 5.91 Å². The molecule has 1 unspecified atom stereocenters. The minimum Gasteiger partial charge on any atom is -0.285 e. The van der Waals surface area contributed by atoms with Gasteiger partial charge in [-0.15, -0.1) is 0 Å². The van der Waals surface area contributed by atoms with Gasteiger partial charge in [0, 0.05) is 14.1 Å². The molecule has 4 rings (SSSR count). The third-order valence-corrected chi connectivity index (χ3v) is 4.76. The molecule has 0 bridgehead atoms. The second-order valence-electron chi connectivity index (χ2n) is 5.45. The number of carbonyl (C=O) groups excluding carboxylic acids is 4. The highest BCUT2D eigenvalue weighted by Gasteiger charge is 2.85. The van der Waals surface area contributed by atoms with Crippen molar-refractivity contribution in [2.75, 3.05) is 14.1 Å². The van der Waals surface area contributed by atoms with Gasteiger partial charge in [0.15, 0.2) is 6.04 Å². The van der Waals surface area contributed by atoms with Crippen LogP contribution in [0.2, 0.25) is 0 Å². The Morgan fingerprint density at radius 3 is 1.89 bits per heavy atom. The fourth-order valence-corrected chi connectivity index (χ4v) is 3.70. The molecule has 0 aromatic rings. The van der Waals surface area contributed by atoms with Crippen LogP contribution in [0.25, 0.3) is 0 Å². The van der Waals surface area contributed by atoms with E-state index >= 15 is 0 Å². The summed E-state index contributed by atoms with van der Waals surface area (Å²) in [5, 5.41) is 7.87. The number of likely N-dealkylation sites (N-methyl/N-ethyl adjacent to an activating group) is 1. The molecule has 1 aliphatic carbocycles. The number of azo groups is 1. The number of likely N-dealkylation sites (tertiary alicyclic amines) is 2. The molecule has 1 saturated carbocycles. The molecular formula is C11H10N4O4. The molecule has 3 fully saturated rings. The van der Waals surface area contributed by atoms with Gasteiger partial charge < -0.3 is 0 Å². The number of imide groups is 2. The van der Waals surface area contributed by atoms with Gasteiger partial charge in [-0.1, -0.05) is 0 Å². The van der Waals surface area contributed by atoms with E-state index in [2.05, 4.69) is 10.2 Å². The van der Waals surface area contributed by atoms with Crippen LogP contribution in [-0.2, 0) is 19.2 Å². The average molecular weight is 262 g/mol. The van der Waals surface area contributed by atoms with E-state index in [0.29, 0.717) is 0 Å². The molecule has 1 spiro atoms. The van der Waals surface area contributed by atoms with E-state index < -0.39 is 41.1 Å². The second-order valence-corrected chi connectivity index (χ2v) is 5.45. The standard InChI is InChI=1S/C11H10N4O4/c1-14-7(16)3-4(8(14)17)11(3)5-6(12-13-11)10(19)15(2)9(5)18/h3-6H,1-2H3/t3-,4+,5-,6+,11?/m0/s1. The number of piperidine rings is 1. The van der Waals surface area contributed by atoms with E-state index in [9.17, 15) is 19.2 Å². The number of fused-ring (bicyclic) bond motifs is 5. The van der Waals surface area contributed by atoms with Crippen molar-refractivity contribution in [2.24, 2.45) is 28.0 Å². The summed E-state index contributed by atoms with van der Waals surface area (Å²) in [6.07, 6.45) is 0. The molecule has 0 aromatic heterocycles. The van der Waals surface area contributed by atoms with E-state index in [4.69, 9.17) is 0 Å². The third-order valence-electron chi connectivity index (χ3n) is 4.76. The first kappa shape index (κ1) is 10.8. The van der Waals surface area contributed by atoms with Crippen molar-refractivity contribution in [3.63, 3.8) is 0 Å². The predicted molar refractivity (Wildman–Crippen MR) is 57.4 cm³/mol. The zero-order chi connectivity index (χ0) is 13.7. The van der Waals surface area contributed by atoms with Crippen LogP contribution in [0.1, 0.15) is 0 Å². The maximum Gasteiger partial charge on any atom is 0.256 e. The topological polar surface area (TPSA) is 99.5 Å². The molecule has 3 heterocycles. The average Bonchev–Trinajstić information content (AvgIpc) is 2.67. The van der Waals surface area contributed by atoms with Crippen LogP contribution < -0.4 is 0 Å². The maximum atomic E-state index is 12.1. The van der Waals surface area contributed by atoms with Crippen LogP contribution in [0.4, 0.5) is 0 Å². The lowest BCUT2D eigenvalue weighted by Gasteiger charge is -2.19. The van der Waals surface area contributed by atoms with Gasteiger partial charge in [0.1, 0.15) is 11.5 Å². The highest BCUT2D eigenvalue weighted by atomic mass is 16.2. The van der Waals surface area contributed by atoms with Crippen molar-refractivity contribution >= 4 is 23.6 Å². The van der Waals surface area contributed by atoms with E-state index in [0.717, 1.165) is 9.80 Å². The van der Waals surface area contributed by atoms with Gasteiger partial charge in [-0.3, -0.25) is 29.0 Å². The number of carbonyl (C=O) groups is 4. The fraction of sp³-hybridized carbons (Fsp3) is 0.636. The van der Waals surface area contributed by atoms with Crippen LogP contribution in [0.15, 0.2) is 10.2 Å². The van der Waals surface area contributed by atoms with E-state index in [-0.39, 0.29) is 11.8 Å². The molecule has 98 valence electrons. The molecule has 5 atom stereocenters. The fourth-order valence-electron chi connectivity index (χ4n) is 3.70. The second kappa shape index (κ2) is 2.73. The monoisotopic (exact) mass is 262 g/mol. The lowest BCUT2D eigenvalue weighted by Crippen LogP contribution is -2.42. The minimum absolute atomic E-state index is 0.329. The molecule has 8 nitrogen and oxygen atoms in total. The summed E-state index contributed by atoms with van der Waals surface area (Å²) in [5.41, 5.74) is -1.08. The van der Waals surface area contributed by atoms with E-state index in [1.165, 1.54) is 14.1 Å². The molecule has 8 heteroatoms. The normalized spacial score (nSPS) is 46.6. The number of amides is 4. The lowest BCUT2D eigenvalue weighted by molar-refractivity contribution is -0.141. The summed E-state index contributed by atoms with van der Waals surface area (Å²) in [6, 6.07) is -0.853. The Hall–Kier alpha value is -2.12. The number of rotatable bonds is 0. The number of hydrogen-bond donors (Lipinski definition) is 0. The SMILES string of the molecule is CN1C(=O)[C@@H]2[C@@H](N=NC23[C@@H]2C(=O)N(C)C(=O)[C@@H]23)C1=O. The summed E-state index contributed by atoms with van der Waals surface area (Å²) in [7, 11) is 2.81. The summed E-state index contributed by atoms with van der Waals surface area (Å²) < 4.78 is 0. The molecular weight excluding hydrogens is 252 g/mol. The van der Waals surface area contributed by atoms with Gasteiger partial charge in [-0.25, -0.2) is 0 Å². The van der Waals surface area contributed by atoms with Crippen LogP contribution >= 0.6 is 0 Å². The summed E-state index contributed by atoms with van der Waals surface area (Å²) in [5.74, 6) is -3.47. The molecule has 2 saturated heterocycles. The van der Waals surface area contributed by atoms with Gasteiger partial charge >= 0.3 is 0 Å².